The number of carboxylic acids is 1. The third-order valence-corrected chi connectivity index (χ3v) is 3.07. The molecule has 23 heavy (non-hydrogen) atoms. The van der Waals surface area contributed by atoms with Crippen molar-refractivity contribution >= 4 is 5.97 Å². The molecule has 0 unspecified atom stereocenters. The maximum atomic E-state index is 12.7. The van der Waals surface area contributed by atoms with Crippen molar-refractivity contribution in [2.75, 3.05) is 0 Å². The highest BCUT2D eigenvalue weighted by atomic mass is 19.4. The van der Waals surface area contributed by atoms with Gasteiger partial charge in [-0.25, -0.2) is 4.79 Å². The number of aromatic carboxylic acids is 1. The number of carbonyl (C=O) groups is 1. The van der Waals surface area contributed by atoms with Gasteiger partial charge < -0.3 is 9.84 Å². The van der Waals surface area contributed by atoms with Gasteiger partial charge in [0.05, 0.1) is 5.56 Å². The van der Waals surface area contributed by atoms with Crippen molar-refractivity contribution in [2.24, 2.45) is 0 Å². The van der Waals surface area contributed by atoms with E-state index in [0.29, 0.717) is 6.54 Å². The first-order valence-electron chi connectivity index (χ1n) is 6.97. The van der Waals surface area contributed by atoms with E-state index in [9.17, 15) is 18.0 Å². The zero-order valence-electron chi connectivity index (χ0n) is 12.3. The van der Waals surface area contributed by atoms with Crippen molar-refractivity contribution in [2.45, 2.75) is 32.5 Å². The molecule has 1 N–H and O–H groups in total. The van der Waals surface area contributed by atoms with Gasteiger partial charge in [0.2, 0.25) is 0 Å². The van der Waals surface area contributed by atoms with E-state index < -0.39 is 17.7 Å². The zero-order valence-corrected chi connectivity index (χ0v) is 12.3. The summed E-state index contributed by atoms with van der Waals surface area (Å²) in [6.45, 7) is 2.48. The minimum Gasteiger partial charge on any atom is -0.477 e. The van der Waals surface area contributed by atoms with Gasteiger partial charge in [0.25, 0.3) is 5.88 Å². The lowest BCUT2D eigenvalue weighted by atomic mass is 10.2. The fraction of sp³-hybridized carbons (Fsp3) is 0.333. The second-order valence-electron chi connectivity index (χ2n) is 4.90. The normalized spacial score (nSPS) is 11.5. The Kier molecular flexibility index (Phi) is 4.92. The summed E-state index contributed by atoms with van der Waals surface area (Å²) in [6.07, 6.45) is -1.51. The Balaban J connectivity index is 2.28. The van der Waals surface area contributed by atoms with Crippen LogP contribution in [0.4, 0.5) is 13.2 Å². The number of aryl methyl sites for hydroxylation is 1. The Labute approximate surface area is 130 Å². The second kappa shape index (κ2) is 6.72. The van der Waals surface area contributed by atoms with Gasteiger partial charge in [0, 0.05) is 12.7 Å². The molecule has 0 saturated heterocycles. The predicted molar refractivity (Wildman–Crippen MR) is 75.6 cm³/mol. The van der Waals surface area contributed by atoms with Crippen molar-refractivity contribution in [3.05, 3.63) is 41.6 Å². The van der Waals surface area contributed by atoms with Crippen LogP contribution in [0.3, 0.4) is 0 Å². The van der Waals surface area contributed by atoms with E-state index in [0.717, 1.165) is 25.0 Å². The van der Waals surface area contributed by atoms with Crippen LogP contribution in [0, 0.1) is 0 Å². The summed E-state index contributed by atoms with van der Waals surface area (Å²) in [6, 6.07) is 4.21. The van der Waals surface area contributed by atoms with Crippen LogP contribution in [0.1, 0.15) is 35.7 Å². The molecule has 1 aromatic carbocycles. The second-order valence-corrected chi connectivity index (χ2v) is 4.90. The topological polar surface area (TPSA) is 64.4 Å². The van der Waals surface area contributed by atoms with Crippen molar-refractivity contribution < 1.29 is 27.8 Å². The van der Waals surface area contributed by atoms with Crippen LogP contribution in [0.2, 0.25) is 0 Å². The van der Waals surface area contributed by atoms with E-state index in [2.05, 4.69) is 5.10 Å². The van der Waals surface area contributed by atoms with E-state index in [4.69, 9.17) is 9.84 Å². The summed E-state index contributed by atoms with van der Waals surface area (Å²) in [5, 5.41) is 13.1. The molecular weight excluding hydrogens is 313 g/mol. The number of nitrogens with zero attached hydrogens (tertiary/aromatic N) is 2. The lowest BCUT2D eigenvalue weighted by Crippen LogP contribution is -2.05. The predicted octanol–water partition coefficient (Wildman–Crippen LogP) is 4.19. The van der Waals surface area contributed by atoms with Gasteiger partial charge in [0.1, 0.15) is 11.3 Å². The van der Waals surface area contributed by atoms with Crippen LogP contribution >= 0.6 is 0 Å². The quantitative estimate of drug-likeness (QED) is 0.863. The van der Waals surface area contributed by atoms with E-state index in [1.165, 1.54) is 23.0 Å². The number of aromatic nitrogens is 2. The Morgan fingerprint density at radius 3 is 2.74 bits per heavy atom. The number of benzene rings is 1. The van der Waals surface area contributed by atoms with E-state index in [1.54, 1.807) is 0 Å². The molecule has 5 nitrogen and oxygen atoms in total. The number of carboxylic acid groups (broad SMARTS) is 1. The van der Waals surface area contributed by atoms with Crippen LogP contribution in [-0.2, 0) is 12.7 Å². The highest BCUT2D eigenvalue weighted by molar-refractivity contribution is 5.90. The van der Waals surface area contributed by atoms with Gasteiger partial charge in [0.15, 0.2) is 0 Å². The highest BCUT2D eigenvalue weighted by Gasteiger charge is 2.30. The molecule has 0 atom stereocenters. The van der Waals surface area contributed by atoms with Crippen LogP contribution in [0.5, 0.6) is 11.6 Å². The average molecular weight is 328 g/mol. The van der Waals surface area contributed by atoms with E-state index in [-0.39, 0.29) is 17.2 Å². The molecule has 1 heterocycles. The van der Waals surface area contributed by atoms with Crippen molar-refractivity contribution in [1.82, 2.24) is 9.78 Å². The SMILES string of the molecule is CCCCn1cc(C(=O)O)c(Oc2cccc(C(F)(F)F)c2)n1. The highest BCUT2D eigenvalue weighted by Crippen LogP contribution is 2.33. The fourth-order valence-electron chi connectivity index (χ4n) is 1.91. The Morgan fingerprint density at radius 2 is 2.13 bits per heavy atom. The molecule has 0 fully saturated rings. The molecule has 0 aliphatic carbocycles. The van der Waals surface area contributed by atoms with Crippen LogP contribution in [-0.4, -0.2) is 20.9 Å². The summed E-state index contributed by atoms with van der Waals surface area (Å²) in [5.41, 5.74) is -1.07. The van der Waals surface area contributed by atoms with Crippen LogP contribution < -0.4 is 4.74 Å². The lowest BCUT2D eigenvalue weighted by Gasteiger charge is -2.09. The van der Waals surface area contributed by atoms with E-state index in [1.807, 2.05) is 6.92 Å². The lowest BCUT2D eigenvalue weighted by molar-refractivity contribution is -0.137. The Hall–Kier alpha value is -2.51. The summed E-state index contributed by atoms with van der Waals surface area (Å²) in [4.78, 5) is 11.2. The standard InChI is InChI=1S/C15H15F3N2O3/c1-2-3-7-20-9-12(14(21)22)13(19-20)23-11-6-4-5-10(8-11)15(16,17)18/h4-6,8-9H,2-3,7H2,1H3,(H,21,22). The molecule has 0 bridgehead atoms. The third-order valence-electron chi connectivity index (χ3n) is 3.07. The number of hydrogen-bond acceptors (Lipinski definition) is 3. The molecule has 0 spiro atoms. The number of unbranched alkanes of at least 4 members (excludes halogenated alkanes) is 1. The molecule has 2 rings (SSSR count). The molecule has 0 saturated carbocycles. The molecule has 0 amide bonds. The van der Waals surface area contributed by atoms with E-state index >= 15 is 0 Å². The van der Waals surface area contributed by atoms with Gasteiger partial charge in [-0.15, -0.1) is 5.10 Å². The number of halogens is 3. The maximum absolute atomic E-state index is 12.7. The van der Waals surface area contributed by atoms with Crippen LogP contribution in [0.25, 0.3) is 0 Å². The summed E-state index contributed by atoms with van der Waals surface area (Å²) in [7, 11) is 0. The number of alkyl halides is 3. The minimum absolute atomic E-state index is 0.122. The third kappa shape index (κ3) is 4.24. The largest absolute Gasteiger partial charge is 0.477 e. The van der Waals surface area contributed by atoms with Gasteiger partial charge in [-0.1, -0.05) is 19.4 Å². The van der Waals surface area contributed by atoms with Gasteiger partial charge in [-0.3, -0.25) is 4.68 Å². The van der Waals surface area contributed by atoms with Gasteiger partial charge >= 0.3 is 12.1 Å². The number of rotatable bonds is 6. The molecule has 1 aromatic heterocycles. The fourth-order valence-corrected chi connectivity index (χ4v) is 1.91. The van der Waals surface area contributed by atoms with Crippen molar-refractivity contribution in [3.8, 4) is 11.6 Å². The Morgan fingerprint density at radius 1 is 1.39 bits per heavy atom. The first-order valence-corrected chi connectivity index (χ1v) is 6.97. The molecule has 8 heteroatoms. The maximum Gasteiger partial charge on any atom is 0.416 e. The van der Waals surface area contributed by atoms with Crippen LogP contribution in [0.15, 0.2) is 30.5 Å². The smallest absolute Gasteiger partial charge is 0.416 e. The average Bonchev–Trinajstić information content (AvgIpc) is 2.87. The molecule has 2 aromatic rings. The van der Waals surface area contributed by atoms with Crippen molar-refractivity contribution in [3.63, 3.8) is 0 Å². The number of hydrogen-bond donors (Lipinski definition) is 1. The number of ether oxygens (including phenoxy) is 1. The molecule has 0 aliphatic rings. The van der Waals surface area contributed by atoms with Gasteiger partial charge in [-0.05, 0) is 24.6 Å². The molecule has 124 valence electrons. The monoisotopic (exact) mass is 328 g/mol. The Bertz CT molecular complexity index is 696. The molecule has 0 aliphatic heterocycles. The molecular formula is C15H15F3N2O3. The zero-order chi connectivity index (χ0) is 17.0. The first kappa shape index (κ1) is 16.9. The summed E-state index contributed by atoms with van der Waals surface area (Å²) < 4.78 is 44.7. The first-order chi connectivity index (χ1) is 10.8. The van der Waals surface area contributed by atoms with Crippen molar-refractivity contribution in [1.29, 1.82) is 0 Å². The van der Waals surface area contributed by atoms with Gasteiger partial charge in [-0.2, -0.15) is 13.2 Å². The molecule has 0 radical (unpaired) electrons. The summed E-state index contributed by atoms with van der Waals surface area (Å²) in [5.74, 6) is -1.61. The minimum atomic E-state index is -4.50. The summed E-state index contributed by atoms with van der Waals surface area (Å²) >= 11 is 0.